The normalized spacial score (nSPS) is 11.3. The van der Waals surface area contributed by atoms with E-state index in [1.807, 2.05) is 0 Å². The maximum atomic E-state index is 10.3. The van der Waals surface area contributed by atoms with Gasteiger partial charge in [-0.3, -0.25) is 9.59 Å². The molecular formula is C30H61LiO5. The molecule has 0 rings (SSSR count). The first kappa shape index (κ1) is 40.0. The molecule has 0 aromatic rings. The largest absolute Gasteiger partial charge is 1.00 e. The summed E-state index contributed by atoms with van der Waals surface area (Å²) in [6, 6.07) is 0. The summed E-state index contributed by atoms with van der Waals surface area (Å²) in [6.45, 7) is 4.44. The quantitative estimate of drug-likeness (QED) is 0.0927. The molecule has 0 spiro atoms. The van der Waals surface area contributed by atoms with E-state index in [9.17, 15) is 14.7 Å². The van der Waals surface area contributed by atoms with Crippen molar-refractivity contribution in [2.45, 2.75) is 180 Å². The number of aliphatic hydroxyl groups is 1. The molecule has 1 unspecified atom stereocenters. The SMILES string of the molecule is CCCCCCC(O)CCCCCCCCCCC(=O)O.CCCCCCCCCCCC(=O)O.[H-].[Li+]. The van der Waals surface area contributed by atoms with Crippen LogP contribution in [-0.2, 0) is 9.59 Å². The summed E-state index contributed by atoms with van der Waals surface area (Å²) in [5.74, 6) is -1.34. The zero-order chi connectivity index (χ0) is 26.4. The minimum Gasteiger partial charge on any atom is -1.00 e. The summed E-state index contributed by atoms with van der Waals surface area (Å²) in [4.78, 5) is 20.5. The maximum Gasteiger partial charge on any atom is 1.00 e. The first-order chi connectivity index (χ1) is 16.9. The van der Waals surface area contributed by atoms with Crippen molar-refractivity contribution in [3.8, 4) is 0 Å². The molecule has 0 amide bonds. The fourth-order valence-corrected chi connectivity index (χ4v) is 4.25. The van der Waals surface area contributed by atoms with Gasteiger partial charge in [0.05, 0.1) is 6.10 Å². The van der Waals surface area contributed by atoms with Gasteiger partial charge in [-0.2, -0.15) is 0 Å². The van der Waals surface area contributed by atoms with Gasteiger partial charge in [0.15, 0.2) is 0 Å². The average Bonchev–Trinajstić information content (AvgIpc) is 2.82. The molecule has 0 aromatic carbocycles. The van der Waals surface area contributed by atoms with Crippen molar-refractivity contribution < 1.29 is 45.2 Å². The van der Waals surface area contributed by atoms with E-state index >= 15 is 0 Å². The van der Waals surface area contributed by atoms with Crippen molar-refractivity contribution in [3.05, 3.63) is 0 Å². The summed E-state index contributed by atoms with van der Waals surface area (Å²) in [7, 11) is 0. The molecule has 0 aromatic heterocycles. The van der Waals surface area contributed by atoms with E-state index in [-0.39, 0.29) is 26.4 Å². The zero-order valence-corrected chi connectivity index (χ0v) is 24.4. The molecule has 0 radical (unpaired) electrons. The fourth-order valence-electron chi connectivity index (χ4n) is 4.25. The number of unbranched alkanes of at least 4 members (excludes halogenated alkanes) is 18. The van der Waals surface area contributed by atoms with Crippen molar-refractivity contribution in [1.82, 2.24) is 0 Å². The Morgan fingerprint density at radius 1 is 0.500 bits per heavy atom. The first-order valence-electron chi connectivity index (χ1n) is 15.1. The molecule has 0 fully saturated rings. The van der Waals surface area contributed by atoms with Crippen LogP contribution in [0.15, 0.2) is 0 Å². The van der Waals surface area contributed by atoms with Crippen LogP contribution in [0.4, 0.5) is 0 Å². The van der Waals surface area contributed by atoms with E-state index < -0.39 is 11.9 Å². The van der Waals surface area contributed by atoms with Gasteiger partial charge >= 0.3 is 30.8 Å². The molecule has 0 heterocycles. The summed E-state index contributed by atoms with van der Waals surface area (Å²) in [5.41, 5.74) is 0. The van der Waals surface area contributed by atoms with Crippen molar-refractivity contribution in [1.29, 1.82) is 0 Å². The van der Waals surface area contributed by atoms with Crippen LogP contribution in [0.25, 0.3) is 0 Å². The summed E-state index contributed by atoms with van der Waals surface area (Å²) in [5, 5.41) is 26.8. The molecule has 3 N–H and O–H groups in total. The number of hydrogen-bond acceptors (Lipinski definition) is 3. The van der Waals surface area contributed by atoms with E-state index in [0.29, 0.717) is 12.8 Å². The second-order valence-electron chi connectivity index (χ2n) is 10.2. The van der Waals surface area contributed by atoms with E-state index in [1.165, 1.54) is 96.3 Å². The van der Waals surface area contributed by atoms with Gasteiger partial charge in [0, 0.05) is 12.8 Å². The van der Waals surface area contributed by atoms with Gasteiger partial charge < -0.3 is 16.7 Å². The Balaban J connectivity index is -0.000000300. The number of aliphatic hydroxyl groups excluding tert-OH is 1. The topological polar surface area (TPSA) is 94.8 Å². The van der Waals surface area contributed by atoms with Crippen LogP contribution in [0, 0.1) is 0 Å². The van der Waals surface area contributed by atoms with Crippen LogP contribution in [0.3, 0.4) is 0 Å². The van der Waals surface area contributed by atoms with E-state index in [2.05, 4.69) is 13.8 Å². The molecule has 0 saturated heterocycles. The Bertz CT molecular complexity index is 452. The fraction of sp³-hybridized carbons (Fsp3) is 0.933. The molecule has 0 saturated carbocycles. The molecule has 0 aliphatic rings. The van der Waals surface area contributed by atoms with Crippen molar-refractivity contribution >= 4 is 11.9 Å². The van der Waals surface area contributed by atoms with Crippen LogP contribution >= 0.6 is 0 Å². The average molecular weight is 509 g/mol. The third-order valence-corrected chi connectivity index (χ3v) is 6.56. The van der Waals surface area contributed by atoms with Crippen LogP contribution in [0.2, 0.25) is 0 Å². The molecular weight excluding hydrogens is 447 g/mol. The molecule has 0 bridgehead atoms. The Hall–Kier alpha value is -0.503. The smallest absolute Gasteiger partial charge is 1.00 e. The predicted octanol–water partition coefficient (Wildman–Crippen LogP) is 6.41. The molecule has 0 aliphatic heterocycles. The molecule has 36 heavy (non-hydrogen) atoms. The Morgan fingerprint density at radius 3 is 1.06 bits per heavy atom. The Labute approximate surface area is 237 Å². The van der Waals surface area contributed by atoms with Gasteiger partial charge in [-0.25, -0.2) is 0 Å². The second kappa shape index (κ2) is 34.5. The standard InChI is InChI=1S/C18H36O3.C12H24O2.Li.H/c1-2-3-4-11-14-17(19)15-12-9-7-5-6-8-10-13-16-18(20)21;1-2-3-4-5-6-7-8-9-10-11-12(13)14;;/h17,19H,2-16H2,1H3,(H,20,21);2-11H2,1H3,(H,13,14);;/q;;+1;-1. The van der Waals surface area contributed by atoms with Crippen LogP contribution in [0.5, 0.6) is 0 Å². The minimum absolute atomic E-state index is 0. The van der Waals surface area contributed by atoms with Crippen LogP contribution < -0.4 is 18.9 Å². The summed E-state index contributed by atoms with van der Waals surface area (Å²) >= 11 is 0. The zero-order valence-electron chi connectivity index (χ0n) is 25.4. The molecule has 6 heteroatoms. The number of carbonyl (C=O) groups is 2. The monoisotopic (exact) mass is 508 g/mol. The summed E-state index contributed by atoms with van der Waals surface area (Å²) < 4.78 is 0. The molecule has 212 valence electrons. The van der Waals surface area contributed by atoms with Crippen molar-refractivity contribution in [3.63, 3.8) is 0 Å². The number of carboxylic acid groups (broad SMARTS) is 2. The molecule has 5 nitrogen and oxygen atoms in total. The van der Waals surface area contributed by atoms with Gasteiger partial charge in [-0.05, 0) is 25.7 Å². The van der Waals surface area contributed by atoms with E-state index in [0.717, 1.165) is 51.4 Å². The number of hydrogen-bond donors (Lipinski definition) is 3. The first-order valence-corrected chi connectivity index (χ1v) is 15.1. The predicted molar refractivity (Wildman–Crippen MR) is 149 cm³/mol. The van der Waals surface area contributed by atoms with Crippen molar-refractivity contribution in [2.24, 2.45) is 0 Å². The van der Waals surface area contributed by atoms with Crippen LogP contribution in [-0.4, -0.2) is 33.4 Å². The molecule has 0 aliphatic carbocycles. The number of carboxylic acids is 2. The van der Waals surface area contributed by atoms with Gasteiger partial charge in [-0.15, -0.1) is 0 Å². The van der Waals surface area contributed by atoms with Gasteiger partial charge in [0.2, 0.25) is 0 Å². The Kier molecular flexibility index (Phi) is 38.3. The second-order valence-corrected chi connectivity index (χ2v) is 10.2. The molecule has 1 atom stereocenters. The van der Waals surface area contributed by atoms with Gasteiger partial charge in [-0.1, -0.05) is 136 Å². The number of aliphatic carboxylic acids is 2. The third kappa shape index (κ3) is 40.7. The minimum atomic E-state index is -0.678. The maximum absolute atomic E-state index is 10.3. The van der Waals surface area contributed by atoms with Gasteiger partial charge in [0.25, 0.3) is 0 Å². The van der Waals surface area contributed by atoms with Gasteiger partial charge in [0.1, 0.15) is 0 Å². The summed E-state index contributed by atoms with van der Waals surface area (Å²) in [6.07, 6.45) is 27.7. The number of rotatable bonds is 26. The van der Waals surface area contributed by atoms with E-state index in [1.54, 1.807) is 0 Å². The Morgan fingerprint density at radius 2 is 0.750 bits per heavy atom. The van der Waals surface area contributed by atoms with Crippen molar-refractivity contribution in [2.75, 3.05) is 0 Å². The van der Waals surface area contributed by atoms with E-state index in [4.69, 9.17) is 10.2 Å². The van der Waals surface area contributed by atoms with Crippen LogP contribution in [0.1, 0.15) is 176 Å². The third-order valence-electron chi connectivity index (χ3n) is 6.56.